The van der Waals surface area contributed by atoms with E-state index in [4.69, 9.17) is 5.73 Å². The molecule has 1 heterocycles. The third-order valence-corrected chi connectivity index (χ3v) is 5.35. The Bertz CT molecular complexity index is 1010. The lowest BCUT2D eigenvalue weighted by Crippen LogP contribution is -2.52. The molecule has 2 aromatic carbocycles. The van der Waals surface area contributed by atoms with E-state index in [9.17, 15) is 27.6 Å². The van der Waals surface area contributed by atoms with E-state index in [0.717, 1.165) is 17.7 Å². The van der Waals surface area contributed by atoms with E-state index in [2.05, 4.69) is 10.6 Å². The molecule has 0 bridgehead atoms. The third-order valence-electron chi connectivity index (χ3n) is 5.35. The maximum absolute atomic E-state index is 13.2. The van der Waals surface area contributed by atoms with Crippen molar-refractivity contribution in [3.05, 3.63) is 70.8 Å². The summed E-state index contributed by atoms with van der Waals surface area (Å²) >= 11 is 0. The summed E-state index contributed by atoms with van der Waals surface area (Å²) < 4.78 is 38.7. The maximum atomic E-state index is 13.2. The number of primary amides is 1. The average molecular weight is 448 g/mol. The first kappa shape index (κ1) is 23.1. The van der Waals surface area contributed by atoms with Crippen molar-refractivity contribution in [2.45, 2.75) is 31.6 Å². The first-order valence-electron chi connectivity index (χ1n) is 9.93. The van der Waals surface area contributed by atoms with E-state index in [1.165, 1.54) is 17.0 Å². The zero-order valence-corrected chi connectivity index (χ0v) is 17.3. The summed E-state index contributed by atoms with van der Waals surface area (Å²) in [6.07, 6.45) is -4.68. The minimum atomic E-state index is -4.51. The van der Waals surface area contributed by atoms with Crippen LogP contribution in [0.3, 0.4) is 0 Å². The van der Waals surface area contributed by atoms with E-state index in [0.29, 0.717) is 5.56 Å². The average Bonchev–Trinajstić information content (AvgIpc) is 2.72. The molecule has 0 saturated carbocycles. The molecule has 4 amide bonds. The van der Waals surface area contributed by atoms with Crippen molar-refractivity contribution in [2.24, 2.45) is 5.73 Å². The highest BCUT2D eigenvalue weighted by Crippen LogP contribution is 2.32. The van der Waals surface area contributed by atoms with Gasteiger partial charge in [-0.2, -0.15) is 13.2 Å². The lowest BCUT2D eigenvalue weighted by Gasteiger charge is -2.36. The first-order valence-corrected chi connectivity index (χ1v) is 9.93. The molecule has 2 atom stereocenters. The molecule has 1 saturated heterocycles. The number of rotatable bonds is 5. The van der Waals surface area contributed by atoms with E-state index in [-0.39, 0.29) is 25.1 Å². The predicted octanol–water partition coefficient (Wildman–Crippen LogP) is 2.81. The van der Waals surface area contributed by atoms with Gasteiger partial charge in [0.2, 0.25) is 11.8 Å². The molecule has 2 aromatic rings. The number of halogens is 3. The predicted molar refractivity (Wildman–Crippen MR) is 110 cm³/mol. The normalized spacial score (nSPS) is 17.4. The van der Waals surface area contributed by atoms with Crippen molar-refractivity contribution in [3.63, 3.8) is 0 Å². The number of piperazine rings is 1. The maximum Gasteiger partial charge on any atom is 0.416 e. The van der Waals surface area contributed by atoms with Crippen LogP contribution >= 0.6 is 0 Å². The second-order valence-electron chi connectivity index (χ2n) is 7.52. The number of carbonyl (C=O) groups is 3. The zero-order chi connectivity index (χ0) is 23.5. The van der Waals surface area contributed by atoms with Gasteiger partial charge >= 0.3 is 12.2 Å². The van der Waals surface area contributed by atoms with Gasteiger partial charge in [0.1, 0.15) is 6.04 Å². The van der Waals surface area contributed by atoms with Gasteiger partial charge in [-0.05, 0) is 35.7 Å². The van der Waals surface area contributed by atoms with Crippen molar-refractivity contribution in [3.8, 4) is 0 Å². The number of benzene rings is 2. The summed E-state index contributed by atoms with van der Waals surface area (Å²) in [6, 6.07) is 8.72. The fourth-order valence-electron chi connectivity index (χ4n) is 3.80. The molecule has 4 N–H and O–H groups in total. The molecule has 0 radical (unpaired) electrons. The summed E-state index contributed by atoms with van der Waals surface area (Å²) in [5.74, 6) is -0.925. The lowest BCUT2D eigenvalue weighted by atomic mass is 9.96. The van der Waals surface area contributed by atoms with Gasteiger partial charge in [0.15, 0.2) is 0 Å². The Balaban J connectivity index is 1.87. The Morgan fingerprint density at radius 2 is 1.84 bits per heavy atom. The molecule has 0 aliphatic carbocycles. The van der Waals surface area contributed by atoms with Crippen molar-refractivity contribution in [2.75, 3.05) is 13.1 Å². The second-order valence-corrected chi connectivity index (χ2v) is 7.52. The Kier molecular flexibility index (Phi) is 6.71. The molecule has 32 heavy (non-hydrogen) atoms. The molecule has 0 spiro atoms. The van der Waals surface area contributed by atoms with Gasteiger partial charge in [0.25, 0.3) is 0 Å². The van der Waals surface area contributed by atoms with Crippen molar-refractivity contribution in [1.82, 2.24) is 15.5 Å². The quantitative estimate of drug-likeness (QED) is 0.655. The summed E-state index contributed by atoms with van der Waals surface area (Å²) in [5.41, 5.74) is 6.25. The molecule has 3 rings (SSSR count). The number of carbonyl (C=O) groups excluding carboxylic acids is 3. The van der Waals surface area contributed by atoms with Crippen LogP contribution in [0.25, 0.3) is 0 Å². The lowest BCUT2D eigenvalue weighted by molar-refractivity contribution is -0.144. The van der Waals surface area contributed by atoms with Crippen LogP contribution in [0.2, 0.25) is 0 Å². The first-order chi connectivity index (χ1) is 15.1. The van der Waals surface area contributed by atoms with E-state index >= 15 is 0 Å². The molecular formula is C22H23F3N4O3. The van der Waals surface area contributed by atoms with E-state index in [1.54, 1.807) is 12.1 Å². The van der Waals surface area contributed by atoms with Crippen LogP contribution < -0.4 is 16.4 Å². The number of nitrogens with zero attached hydrogens (tertiary/aromatic N) is 1. The number of amides is 4. The van der Waals surface area contributed by atoms with Crippen LogP contribution in [0.5, 0.6) is 0 Å². The van der Waals surface area contributed by atoms with Gasteiger partial charge in [-0.15, -0.1) is 0 Å². The Morgan fingerprint density at radius 1 is 1.19 bits per heavy atom. The molecule has 0 aromatic heterocycles. The van der Waals surface area contributed by atoms with Gasteiger partial charge < -0.3 is 21.3 Å². The highest BCUT2D eigenvalue weighted by atomic mass is 19.4. The van der Waals surface area contributed by atoms with E-state index < -0.39 is 41.7 Å². The van der Waals surface area contributed by atoms with Gasteiger partial charge in [-0.25, -0.2) is 4.79 Å². The van der Waals surface area contributed by atoms with Crippen molar-refractivity contribution in [1.29, 1.82) is 0 Å². The van der Waals surface area contributed by atoms with Gasteiger partial charge in [0.05, 0.1) is 18.0 Å². The minimum absolute atomic E-state index is 0.168. The number of alkyl halides is 3. The fraction of sp³-hybridized carbons (Fsp3) is 0.318. The van der Waals surface area contributed by atoms with Crippen LogP contribution in [0, 0.1) is 6.92 Å². The Morgan fingerprint density at radius 3 is 2.44 bits per heavy atom. The van der Waals surface area contributed by atoms with Gasteiger partial charge in [-0.3, -0.25) is 9.59 Å². The third kappa shape index (κ3) is 5.19. The summed E-state index contributed by atoms with van der Waals surface area (Å²) in [6.45, 7) is 2.21. The smallest absolute Gasteiger partial charge is 0.352 e. The largest absolute Gasteiger partial charge is 0.416 e. The molecule has 7 nitrogen and oxygen atoms in total. The highest BCUT2D eigenvalue weighted by molar-refractivity contribution is 5.90. The molecule has 1 fully saturated rings. The zero-order valence-electron chi connectivity index (χ0n) is 17.3. The van der Waals surface area contributed by atoms with Gasteiger partial charge in [0, 0.05) is 13.1 Å². The number of nitrogens with two attached hydrogens (primary N) is 1. The van der Waals surface area contributed by atoms with Gasteiger partial charge in [-0.1, -0.05) is 36.4 Å². The summed E-state index contributed by atoms with van der Waals surface area (Å²) in [5, 5.41) is 5.20. The summed E-state index contributed by atoms with van der Waals surface area (Å²) in [7, 11) is 0. The molecule has 2 unspecified atom stereocenters. The van der Waals surface area contributed by atoms with Crippen LogP contribution in [-0.4, -0.2) is 35.8 Å². The molecule has 10 heteroatoms. The summed E-state index contributed by atoms with van der Waals surface area (Å²) in [4.78, 5) is 38.6. The van der Waals surface area contributed by atoms with Crippen LogP contribution in [-0.2, 0) is 15.8 Å². The fourth-order valence-corrected chi connectivity index (χ4v) is 3.80. The van der Waals surface area contributed by atoms with Crippen LogP contribution in [0.15, 0.2) is 48.5 Å². The number of hydrogen-bond donors (Lipinski definition) is 3. The Labute approximate surface area is 182 Å². The van der Waals surface area contributed by atoms with Crippen molar-refractivity contribution >= 4 is 17.8 Å². The molecule has 1 aliphatic rings. The van der Waals surface area contributed by atoms with E-state index in [1.807, 2.05) is 19.1 Å². The molecular weight excluding hydrogens is 425 g/mol. The number of nitrogens with one attached hydrogen (secondary N) is 2. The standard InChI is InChI=1S/C22H23F3N4O3/c1-13-4-2-3-5-16(13)17(28-21(26)32)12-18(30)29-11-10-27-20(31)19(29)14-6-8-15(9-7-14)22(23,24)25/h2-9,17,19H,10-12H2,1H3,(H,27,31)(H3,26,28,32). The second kappa shape index (κ2) is 9.29. The van der Waals surface area contributed by atoms with Crippen LogP contribution in [0.4, 0.5) is 18.0 Å². The number of hydrogen-bond acceptors (Lipinski definition) is 3. The SMILES string of the molecule is Cc1ccccc1C(CC(=O)N1CCNC(=O)C1c1ccc(C(F)(F)F)cc1)NC(N)=O. The van der Waals surface area contributed by atoms with Crippen molar-refractivity contribution < 1.29 is 27.6 Å². The molecule has 1 aliphatic heterocycles. The van der Waals surface area contributed by atoms with Crippen LogP contribution in [0.1, 0.15) is 40.8 Å². The molecule has 170 valence electrons. The number of aryl methyl sites for hydroxylation is 1. The minimum Gasteiger partial charge on any atom is -0.352 e. The Hall–Kier alpha value is -3.56. The number of urea groups is 1. The highest BCUT2D eigenvalue weighted by Gasteiger charge is 2.36. The topological polar surface area (TPSA) is 105 Å². The monoisotopic (exact) mass is 448 g/mol.